The maximum absolute atomic E-state index is 14.4. The number of carbonyl (C=O) groups is 1. The Morgan fingerprint density at radius 3 is 2.88 bits per heavy atom. The molecule has 0 saturated carbocycles. The number of hydrogen-bond acceptors (Lipinski definition) is 3. The van der Waals surface area contributed by atoms with E-state index < -0.39 is 5.82 Å². The van der Waals surface area contributed by atoms with E-state index in [2.05, 4.69) is 10.3 Å². The van der Waals surface area contributed by atoms with Crippen LogP contribution in [0.1, 0.15) is 15.9 Å². The molecular weight excluding hydrogens is 321 g/mol. The maximum Gasteiger partial charge on any atom is 0.251 e. The van der Waals surface area contributed by atoms with Gasteiger partial charge in [0.15, 0.2) is 0 Å². The molecule has 0 saturated heterocycles. The van der Waals surface area contributed by atoms with Crippen molar-refractivity contribution in [2.24, 2.45) is 0 Å². The van der Waals surface area contributed by atoms with Crippen molar-refractivity contribution in [2.45, 2.75) is 6.42 Å². The van der Waals surface area contributed by atoms with Crippen LogP contribution in [0, 0.1) is 5.82 Å². The number of halogens is 1. The van der Waals surface area contributed by atoms with Gasteiger partial charge in [0.05, 0.1) is 12.7 Å². The number of aromatic nitrogens is 2. The first kappa shape index (κ1) is 15.4. The molecule has 0 fully saturated rings. The lowest BCUT2D eigenvalue weighted by atomic mass is 9.99. The van der Waals surface area contributed by atoms with E-state index in [4.69, 9.17) is 4.74 Å². The fourth-order valence-electron chi connectivity index (χ4n) is 3.06. The molecule has 2 aromatic carbocycles. The number of amides is 1. The van der Waals surface area contributed by atoms with Crippen molar-refractivity contribution in [3.8, 4) is 22.8 Å². The van der Waals surface area contributed by atoms with Crippen LogP contribution < -0.4 is 10.1 Å². The standard InChI is InChI=1S/C19H16FN3O2/c1-25-14-4-5-15(17(20)11-14)18-21-8-9-23(18)13-3-2-12-6-7-22-19(24)16(12)10-13/h2-5,8-11H,6-7H2,1H3,(H,22,24). The largest absolute Gasteiger partial charge is 0.497 e. The lowest BCUT2D eigenvalue weighted by Gasteiger charge is -2.18. The number of nitrogens with zero attached hydrogens (tertiary/aromatic N) is 2. The molecule has 3 aromatic rings. The third-order valence-corrected chi connectivity index (χ3v) is 4.35. The first-order chi connectivity index (χ1) is 12.2. The molecule has 0 aliphatic carbocycles. The topological polar surface area (TPSA) is 56.2 Å². The molecule has 1 aromatic heterocycles. The molecule has 2 heterocycles. The molecule has 5 nitrogen and oxygen atoms in total. The number of carbonyl (C=O) groups excluding carboxylic acids is 1. The number of methoxy groups -OCH3 is 1. The lowest BCUT2D eigenvalue weighted by Crippen LogP contribution is -2.31. The number of imidazole rings is 1. The Bertz CT molecular complexity index is 965. The SMILES string of the molecule is COc1ccc(-c2nccn2-c2ccc3c(c2)C(=O)NCC3)c(F)c1. The summed E-state index contributed by atoms with van der Waals surface area (Å²) < 4.78 is 21.2. The fourth-order valence-corrected chi connectivity index (χ4v) is 3.06. The highest BCUT2D eigenvalue weighted by Crippen LogP contribution is 2.28. The molecule has 25 heavy (non-hydrogen) atoms. The van der Waals surface area contributed by atoms with Gasteiger partial charge in [-0.3, -0.25) is 9.36 Å². The van der Waals surface area contributed by atoms with Crippen LogP contribution >= 0.6 is 0 Å². The van der Waals surface area contributed by atoms with E-state index in [0.717, 1.165) is 17.7 Å². The molecule has 0 atom stereocenters. The predicted molar refractivity (Wildman–Crippen MR) is 91.5 cm³/mol. The molecule has 0 radical (unpaired) electrons. The van der Waals surface area contributed by atoms with Gasteiger partial charge >= 0.3 is 0 Å². The van der Waals surface area contributed by atoms with E-state index in [9.17, 15) is 9.18 Å². The Balaban J connectivity index is 1.80. The Morgan fingerprint density at radius 1 is 1.20 bits per heavy atom. The summed E-state index contributed by atoms with van der Waals surface area (Å²) in [7, 11) is 1.49. The van der Waals surface area contributed by atoms with Gasteiger partial charge < -0.3 is 10.1 Å². The number of rotatable bonds is 3. The lowest BCUT2D eigenvalue weighted by molar-refractivity contribution is 0.0946. The molecule has 1 aliphatic heterocycles. The summed E-state index contributed by atoms with van der Waals surface area (Å²) in [6.45, 7) is 0.651. The van der Waals surface area contributed by atoms with Gasteiger partial charge in [0, 0.05) is 36.3 Å². The van der Waals surface area contributed by atoms with Gasteiger partial charge in [-0.2, -0.15) is 0 Å². The second-order valence-electron chi connectivity index (χ2n) is 5.81. The van der Waals surface area contributed by atoms with Crippen LogP contribution in [0.3, 0.4) is 0 Å². The van der Waals surface area contributed by atoms with E-state index >= 15 is 0 Å². The highest BCUT2D eigenvalue weighted by atomic mass is 19.1. The molecule has 0 spiro atoms. The van der Waals surface area contributed by atoms with Crippen molar-refractivity contribution >= 4 is 5.91 Å². The third-order valence-electron chi connectivity index (χ3n) is 4.35. The molecule has 1 N–H and O–H groups in total. The molecule has 0 bridgehead atoms. The summed E-state index contributed by atoms with van der Waals surface area (Å²) in [4.78, 5) is 16.4. The first-order valence-electron chi connectivity index (χ1n) is 7.96. The van der Waals surface area contributed by atoms with Gasteiger partial charge in [0.25, 0.3) is 5.91 Å². The van der Waals surface area contributed by atoms with E-state index in [1.54, 1.807) is 29.1 Å². The molecule has 126 valence electrons. The summed E-state index contributed by atoms with van der Waals surface area (Å²) in [5.74, 6) is 0.420. The molecule has 6 heteroatoms. The zero-order valence-electron chi connectivity index (χ0n) is 13.6. The van der Waals surface area contributed by atoms with E-state index in [-0.39, 0.29) is 5.91 Å². The van der Waals surface area contributed by atoms with Crippen molar-refractivity contribution in [1.29, 1.82) is 0 Å². The van der Waals surface area contributed by atoms with Crippen molar-refractivity contribution in [3.63, 3.8) is 0 Å². The average Bonchev–Trinajstić information content (AvgIpc) is 3.11. The number of benzene rings is 2. The molecule has 1 aliphatic rings. The predicted octanol–water partition coefficient (Wildman–Crippen LogP) is 2.97. The first-order valence-corrected chi connectivity index (χ1v) is 7.96. The van der Waals surface area contributed by atoms with Crippen molar-refractivity contribution in [2.75, 3.05) is 13.7 Å². The average molecular weight is 337 g/mol. The summed E-state index contributed by atoms with van der Waals surface area (Å²) >= 11 is 0. The Hall–Kier alpha value is -3.15. The molecule has 4 rings (SSSR count). The fraction of sp³-hybridized carbons (Fsp3) is 0.158. The number of ether oxygens (including phenoxy) is 1. The second-order valence-corrected chi connectivity index (χ2v) is 5.81. The highest BCUT2D eigenvalue weighted by molar-refractivity contribution is 5.97. The van der Waals surface area contributed by atoms with E-state index in [1.165, 1.54) is 13.2 Å². The van der Waals surface area contributed by atoms with Crippen LogP contribution in [0.25, 0.3) is 17.1 Å². The smallest absolute Gasteiger partial charge is 0.251 e. The van der Waals surface area contributed by atoms with Crippen molar-refractivity contribution < 1.29 is 13.9 Å². The summed E-state index contributed by atoms with van der Waals surface area (Å²) in [5.41, 5.74) is 2.80. The normalized spacial score (nSPS) is 13.3. The monoisotopic (exact) mass is 337 g/mol. The Kier molecular flexibility index (Phi) is 3.72. The number of hydrogen-bond donors (Lipinski definition) is 1. The van der Waals surface area contributed by atoms with Crippen LogP contribution in [0.5, 0.6) is 5.75 Å². The summed E-state index contributed by atoms with van der Waals surface area (Å²) in [6, 6.07) is 10.3. The number of fused-ring (bicyclic) bond motifs is 1. The van der Waals surface area contributed by atoms with Gasteiger partial charge in [-0.05, 0) is 36.2 Å². The molecule has 1 amide bonds. The van der Waals surface area contributed by atoms with Crippen LogP contribution in [0.4, 0.5) is 4.39 Å². The zero-order valence-corrected chi connectivity index (χ0v) is 13.6. The van der Waals surface area contributed by atoms with Gasteiger partial charge in [-0.25, -0.2) is 9.37 Å². The van der Waals surface area contributed by atoms with Crippen LogP contribution in [0.15, 0.2) is 48.8 Å². The highest BCUT2D eigenvalue weighted by Gasteiger charge is 2.19. The molecule has 0 unspecified atom stereocenters. The van der Waals surface area contributed by atoms with E-state index in [1.807, 2.05) is 18.2 Å². The minimum Gasteiger partial charge on any atom is -0.497 e. The zero-order chi connectivity index (χ0) is 17.4. The second kappa shape index (κ2) is 6.05. The summed E-state index contributed by atoms with van der Waals surface area (Å²) in [6.07, 6.45) is 4.17. The summed E-state index contributed by atoms with van der Waals surface area (Å²) in [5, 5.41) is 2.84. The van der Waals surface area contributed by atoms with Gasteiger partial charge in [-0.1, -0.05) is 6.07 Å². The quantitative estimate of drug-likeness (QED) is 0.799. The van der Waals surface area contributed by atoms with Crippen LogP contribution in [-0.2, 0) is 6.42 Å². The Morgan fingerprint density at radius 2 is 2.08 bits per heavy atom. The minimum atomic E-state index is -0.414. The Labute approximate surface area is 144 Å². The molecular formula is C19H16FN3O2. The van der Waals surface area contributed by atoms with Crippen LogP contribution in [-0.4, -0.2) is 29.1 Å². The van der Waals surface area contributed by atoms with E-state index in [0.29, 0.717) is 29.2 Å². The minimum absolute atomic E-state index is 0.0830. The maximum atomic E-state index is 14.4. The third kappa shape index (κ3) is 2.65. The van der Waals surface area contributed by atoms with Crippen molar-refractivity contribution in [1.82, 2.24) is 14.9 Å². The van der Waals surface area contributed by atoms with Gasteiger partial charge in [0.2, 0.25) is 0 Å². The van der Waals surface area contributed by atoms with Gasteiger partial charge in [-0.15, -0.1) is 0 Å². The van der Waals surface area contributed by atoms with Crippen molar-refractivity contribution in [3.05, 3.63) is 65.7 Å². The van der Waals surface area contributed by atoms with Crippen LogP contribution in [0.2, 0.25) is 0 Å². The number of nitrogens with one attached hydrogen (secondary N) is 1. The van der Waals surface area contributed by atoms with Gasteiger partial charge in [0.1, 0.15) is 17.4 Å².